The predicted molar refractivity (Wildman–Crippen MR) is 82.3 cm³/mol. The van der Waals surface area contributed by atoms with Crippen LogP contribution in [0.5, 0.6) is 0 Å². The van der Waals surface area contributed by atoms with E-state index in [4.69, 9.17) is 0 Å². The Labute approximate surface area is 127 Å². The maximum atomic E-state index is 11.9. The summed E-state index contributed by atoms with van der Waals surface area (Å²) in [6, 6.07) is 15.3. The normalized spacial score (nSPS) is 9.50. The fraction of sp³-hybridized carbons (Fsp3) is 0.0588. The number of carbonyl (C=O) groups is 2. The lowest BCUT2D eigenvalue weighted by Crippen LogP contribution is -2.42. The third-order valence-electron chi connectivity index (χ3n) is 2.99. The summed E-state index contributed by atoms with van der Waals surface area (Å²) in [7, 11) is 0. The zero-order valence-corrected chi connectivity index (χ0v) is 11.9. The Morgan fingerprint density at radius 3 is 2.09 bits per heavy atom. The highest BCUT2D eigenvalue weighted by Gasteiger charge is 2.14. The maximum absolute atomic E-state index is 11.9. The number of hydrogen-bond acceptors (Lipinski definition) is 3. The van der Waals surface area contributed by atoms with E-state index in [1.54, 1.807) is 60.5 Å². The first-order valence-corrected chi connectivity index (χ1v) is 6.59. The topological polar surface area (TPSA) is 75.3 Å². The quantitative estimate of drug-likeness (QED) is 0.513. The van der Waals surface area contributed by atoms with Gasteiger partial charge in [-0.05, 0) is 24.6 Å². The van der Waals surface area contributed by atoms with Gasteiger partial charge in [0, 0.05) is 5.56 Å². The van der Waals surface area contributed by atoms with Crippen LogP contribution in [0.15, 0.2) is 54.6 Å². The van der Waals surface area contributed by atoms with Crippen LogP contribution in [0.4, 0.5) is 0 Å². The lowest BCUT2D eigenvalue weighted by atomic mass is 10.1. The van der Waals surface area contributed by atoms with Gasteiger partial charge in [-0.3, -0.25) is 20.4 Å². The maximum Gasteiger partial charge on any atom is 0.281 e. The van der Waals surface area contributed by atoms with Crippen molar-refractivity contribution < 1.29 is 14.4 Å². The summed E-state index contributed by atoms with van der Waals surface area (Å²) < 4.78 is 0. The Morgan fingerprint density at radius 2 is 1.50 bits per heavy atom. The molecule has 22 heavy (non-hydrogen) atoms. The fourth-order valence-corrected chi connectivity index (χ4v) is 1.79. The molecule has 2 rings (SSSR count). The van der Waals surface area contributed by atoms with E-state index in [2.05, 4.69) is 10.9 Å². The van der Waals surface area contributed by atoms with E-state index < -0.39 is 11.8 Å². The van der Waals surface area contributed by atoms with Crippen molar-refractivity contribution in [1.82, 2.24) is 10.9 Å². The van der Waals surface area contributed by atoms with Gasteiger partial charge in [0.25, 0.3) is 11.8 Å². The lowest BCUT2D eigenvalue weighted by molar-refractivity contribution is -0.116. The fourth-order valence-electron chi connectivity index (χ4n) is 1.79. The monoisotopic (exact) mass is 294 g/mol. The van der Waals surface area contributed by atoms with Gasteiger partial charge in [-0.15, -0.1) is 0 Å². The zero-order valence-electron chi connectivity index (χ0n) is 11.9. The van der Waals surface area contributed by atoms with Gasteiger partial charge < -0.3 is 0 Å². The van der Waals surface area contributed by atoms with E-state index in [1.807, 2.05) is 6.92 Å². The van der Waals surface area contributed by atoms with Gasteiger partial charge in [-0.1, -0.05) is 48.0 Å². The molecule has 0 aliphatic carbocycles. The van der Waals surface area contributed by atoms with Crippen LogP contribution in [-0.2, 0) is 9.59 Å². The summed E-state index contributed by atoms with van der Waals surface area (Å²) in [6.07, 6.45) is 0. The van der Waals surface area contributed by atoms with Gasteiger partial charge >= 0.3 is 0 Å². The summed E-state index contributed by atoms with van der Waals surface area (Å²) in [5.41, 5.74) is 6.15. The number of nitrogens with one attached hydrogen (secondary N) is 2. The average molecular weight is 294 g/mol. The van der Waals surface area contributed by atoms with E-state index >= 15 is 0 Å². The molecular weight excluding hydrogens is 280 g/mol. The highest BCUT2D eigenvalue weighted by Crippen LogP contribution is 2.10. The number of amides is 2. The van der Waals surface area contributed by atoms with E-state index in [0.717, 1.165) is 5.56 Å². The second-order valence-corrected chi connectivity index (χ2v) is 4.62. The van der Waals surface area contributed by atoms with Gasteiger partial charge in [0.15, 0.2) is 0 Å². The smallest absolute Gasteiger partial charge is 0.267 e. The molecule has 0 fully saturated rings. The first-order valence-electron chi connectivity index (χ1n) is 6.59. The summed E-state index contributed by atoms with van der Waals surface area (Å²) in [6.45, 7) is 1.91. The molecule has 5 nitrogen and oxygen atoms in total. The molecule has 2 N–H and O–H groups in total. The molecule has 2 amide bonds. The van der Waals surface area contributed by atoms with Crippen molar-refractivity contribution in [2.75, 3.05) is 0 Å². The van der Waals surface area contributed by atoms with E-state index in [1.165, 1.54) is 0 Å². The highest BCUT2D eigenvalue weighted by molar-refractivity contribution is 6.27. The first-order chi connectivity index (χ1) is 10.6. The second kappa shape index (κ2) is 7.02. The number of carbonyl (C=O) groups excluding carboxylic acids is 3. The highest BCUT2D eigenvalue weighted by atomic mass is 16.2. The Morgan fingerprint density at radius 1 is 0.864 bits per heavy atom. The largest absolute Gasteiger partial charge is 0.281 e. The van der Waals surface area contributed by atoms with Crippen LogP contribution in [0.3, 0.4) is 0 Å². The van der Waals surface area contributed by atoms with Gasteiger partial charge in [-0.25, -0.2) is 4.79 Å². The molecule has 0 unspecified atom stereocenters. The van der Waals surface area contributed by atoms with Crippen LogP contribution in [0, 0.1) is 6.92 Å². The van der Waals surface area contributed by atoms with Gasteiger partial charge in [0.05, 0.1) is 0 Å². The minimum Gasteiger partial charge on any atom is -0.267 e. The molecule has 0 saturated carbocycles. The molecular formula is C17H14N2O3. The van der Waals surface area contributed by atoms with Crippen molar-refractivity contribution in [1.29, 1.82) is 0 Å². The summed E-state index contributed by atoms with van der Waals surface area (Å²) in [5.74, 6) is 0.406. The van der Waals surface area contributed by atoms with E-state index in [-0.39, 0.29) is 5.57 Å². The Kier molecular flexibility index (Phi) is 4.85. The Hall–Kier alpha value is -3.17. The average Bonchev–Trinajstić information content (AvgIpc) is 2.55. The molecule has 0 bridgehead atoms. The van der Waals surface area contributed by atoms with Crippen LogP contribution in [0.25, 0.3) is 5.57 Å². The van der Waals surface area contributed by atoms with Gasteiger partial charge in [0.1, 0.15) is 11.5 Å². The number of benzene rings is 2. The van der Waals surface area contributed by atoms with E-state index in [9.17, 15) is 14.4 Å². The number of hydrogen-bond donors (Lipinski definition) is 2. The summed E-state index contributed by atoms with van der Waals surface area (Å²) in [4.78, 5) is 34.8. The molecule has 110 valence electrons. The molecule has 0 aliphatic rings. The molecule has 0 aliphatic heterocycles. The SMILES string of the molecule is Cc1ccc(C(=O)NNC(=O)C(=C=O)c2ccccc2)cc1. The third kappa shape index (κ3) is 3.69. The number of aryl methyl sites for hydroxylation is 1. The van der Waals surface area contributed by atoms with Crippen molar-refractivity contribution in [3.05, 3.63) is 71.3 Å². The van der Waals surface area contributed by atoms with E-state index in [0.29, 0.717) is 11.1 Å². The van der Waals surface area contributed by atoms with Gasteiger partial charge in [0.2, 0.25) is 0 Å². The van der Waals surface area contributed by atoms with Crippen molar-refractivity contribution in [2.45, 2.75) is 6.92 Å². The molecule has 0 aromatic heterocycles. The van der Waals surface area contributed by atoms with Crippen molar-refractivity contribution in [3.63, 3.8) is 0 Å². The van der Waals surface area contributed by atoms with Crippen molar-refractivity contribution in [3.8, 4) is 0 Å². The van der Waals surface area contributed by atoms with Gasteiger partial charge in [-0.2, -0.15) is 0 Å². The molecule has 0 atom stereocenters. The molecule has 0 spiro atoms. The third-order valence-corrected chi connectivity index (χ3v) is 2.99. The Bertz CT molecular complexity index is 730. The van der Waals surface area contributed by atoms with Crippen LogP contribution in [-0.4, -0.2) is 17.8 Å². The lowest BCUT2D eigenvalue weighted by Gasteiger charge is -2.08. The summed E-state index contributed by atoms with van der Waals surface area (Å²) in [5, 5.41) is 0. The van der Waals surface area contributed by atoms with Crippen molar-refractivity contribution in [2.24, 2.45) is 0 Å². The number of hydrazine groups is 1. The predicted octanol–water partition coefficient (Wildman–Crippen LogP) is 1.67. The van der Waals surface area contributed by atoms with Crippen LogP contribution < -0.4 is 10.9 Å². The second-order valence-electron chi connectivity index (χ2n) is 4.62. The molecule has 5 heteroatoms. The molecule has 0 heterocycles. The van der Waals surface area contributed by atoms with Crippen LogP contribution >= 0.6 is 0 Å². The van der Waals surface area contributed by atoms with Crippen molar-refractivity contribution >= 4 is 23.3 Å². The zero-order chi connectivity index (χ0) is 15.9. The minimum atomic E-state index is -0.721. The molecule has 0 radical (unpaired) electrons. The van der Waals surface area contributed by atoms with Crippen LogP contribution in [0.2, 0.25) is 0 Å². The Balaban J connectivity index is 2.02. The first kappa shape index (κ1) is 15.2. The van der Waals surface area contributed by atoms with Crippen LogP contribution in [0.1, 0.15) is 21.5 Å². The standard InChI is InChI=1S/C17H14N2O3/c1-12-7-9-14(10-8-12)16(21)18-19-17(22)15(11-20)13-5-3-2-4-6-13/h2-10H,1H3,(H,18,21)(H,19,22). The minimum absolute atomic E-state index is 0.176. The number of rotatable bonds is 3. The molecule has 2 aromatic carbocycles. The molecule has 2 aromatic rings. The summed E-state index contributed by atoms with van der Waals surface area (Å²) >= 11 is 0. The molecule has 0 saturated heterocycles.